The Morgan fingerprint density at radius 2 is 2.11 bits per heavy atom. The number of alkyl halides is 1. The van der Waals surface area contributed by atoms with Crippen LogP contribution >= 0.6 is 0 Å². The fourth-order valence-electron chi connectivity index (χ4n) is 5.14. The van der Waals surface area contributed by atoms with Crippen molar-refractivity contribution < 1.29 is 9.18 Å². The summed E-state index contributed by atoms with van der Waals surface area (Å²) in [6, 6.07) is 7.95. The first-order valence-electron chi connectivity index (χ1n) is 13.3. The Kier molecular flexibility index (Phi) is 10.6. The second-order valence-corrected chi connectivity index (χ2v) is 10.4. The minimum atomic E-state index is -0.374. The molecule has 2 heterocycles. The first kappa shape index (κ1) is 27.9. The Bertz CT molecular complexity index is 1060. The molecule has 2 aromatic rings. The van der Waals surface area contributed by atoms with Crippen molar-refractivity contribution in [2.45, 2.75) is 47.0 Å². The van der Waals surface area contributed by atoms with Crippen molar-refractivity contribution in [1.29, 1.82) is 5.41 Å². The molecule has 196 valence electrons. The third kappa shape index (κ3) is 7.68. The van der Waals surface area contributed by atoms with Crippen LogP contribution < -0.4 is 5.32 Å². The van der Waals surface area contributed by atoms with E-state index in [9.17, 15) is 9.18 Å². The zero-order chi connectivity index (χ0) is 26.1. The van der Waals surface area contributed by atoms with Gasteiger partial charge in [0.05, 0.1) is 5.92 Å². The number of piperidine rings is 1. The number of nitrogens with zero attached hydrogens (tertiary/aromatic N) is 3. The summed E-state index contributed by atoms with van der Waals surface area (Å²) in [5.41, 5.74) is 2.82. The van der Waals surface area contributed by atoms with Crippen molar-refractivity contribution in [1.82, 2.24) is 14.8 Å². The van der Waals surface area contributed by atoms with Gasteiger partial charge in [-0.25, -0.2) is 9.37 Å². The Labute approximate surface area is 215 Å². The number of hydrogen-bond donors (Lipinski definition) is 2. The minimum Gasteiger partial charge on any atom is -0.310 e. The van der Waals surface area contributed by atoms with Crippen molar-refractivity contribution >= 4 is 34.3 Å². The van der Waals surface area contributed by atoms with E-state index in [1.165, 1.54) is 6.21 Å². The largest absolute Gasteiger partial charge is 0.310 e. The molecule has 36 heavy (non-hydrogen) atoms. The summed E-state index contributed by atoms with van der Waals surface area (Å²) in [6.45, 7) is 12.9. The van der Waals surface area contributed by atoms with E-state index in [-0.39, 0.29) is 18.5 Å². The molecule has 0 saturated carbocycles. The van der Waals surface area contributed by atoms with Gasteiger partial charge in [-0.3, -0.25) is 9.69 Å². The van der Waals surface area contributed by atoms with Crippen LogP contribution in [0.15, 0.2) is 36.0 Å². The fraction of sp³-hybridized carbons (Fsp3) is 0.552. The van der Waals surface area contributed by atoms with Crippen LogP contribution in [0.2, 0.25) is 0 Å². The molecular weight excluding hydrogens is 453 g/mol. The zero-order valence-electron chi connectivity index (χ0n) is 22.3. The second kappa shape index (κ2) is 13.6. The third-order valence-corrected chi connectivity index (χ3v) is 6.79. The lowest BCUT2D eigenvalue weighted by atomic mass is 9.96. The fourth-order valence-corrected chi connectivity index (χ4v) is 5.14. The predicted molar refractivity (Wildman–Crippen MR) is 148 cm³/mol. The van der Waals surface area contributed by atoms with Crippen molar-refractivity contribution in [3.05, 3.63) is 41.6 Å². The van der Waals surface area contributed by atoms with Gasteiger partial charge in [-0.1, -0.05) is 32.9 Å². The van der Waals surface area contributed by atoms with Crippen molar-refractivity contribution in [2.24, 2.45) is 11.8 Å². The maximum Gasteiger partial charge on any atom is 0.229 e. The Morgan fingerprint density at radius 3 is 2.81 bits per heavy atom. The van der Waals surface area contributed by atoms with E-state index in [1.807, 2.05) is 31.2 Å². The van der Waals surface area contributed by atoms with Gasteiger partial charge in [0, 0.05) is 44.0 Å². The van der Waals surface area contributed by atoms with E-state index in [2.05, 4.69) is 40.9 Å². The lowest BCUT2D eigenvalue weighted by Crippen LogP contribution is -2.42. The molecule has 2 N–H and O–H groups in total. The summed E-state index contributed by atoms with van der Waals surface area (Å²) in [7, 11) is 0. The number of halogens is 1. The van der Waals surface area contributed by atoms with Crippen LogP contribution in [0.3, 0.4) is 0 Å². The van der Waals surface area contributed by atoms with Gasteiger partial charge in [-0.15, -0.1) is 0 Å². The second-order valence-electron chi connectivity index (χ2n) is 10.4. The summed E-state index contributed by atoms with van der Waals surface area (Å²) in [5.74, 6) is 1.16. The average Bonchev–Trinajstić information content (AvgIpc) is 2.84. The van der Waals surface area contributed by atoms with Gasteiger partial charge in [0.2, 0.25) is 5.91 Å². The molecule has 1 aliphatic heterocycles. The van der Waals surface area contributed by atoms with E-state index in [0.29, 0.717) is 24.8 Å². The SMILES string of the molecule is CCCN(CCF)C/C(C)=C(/C=N)c1ccc2cnc(NC(=O)C3CCCN(CC(C)C)C3)cc2c1. The quantitative estimate of drug-likeness (QED) is 0.374. The smallest absolute Gasteiger partial charge is 0.229 e. The summed E-state index contributed by atoms with van der Waals surface area (Å²) >= 11 is 0. The van der Waals surface area contributed by atoms with E-state index >= 15 is 0 Å². The topological polar surface area (TPSA) is 72.3 Å². The number of anilines is 1. The van der Waals surface area contributed by atoms with Crippen molar-refractivity contribution in [3.8, 4) is 0 Å². The third-order valence-electron chi connectivity index (χ3n) is 6.79. The highest BCUT2D eigenvalue weighted by Gasteiger charge is 2.26. The molecule has 3 rings (SSSR count). The van der Waals surface area contributed by atoms with Crippen LogP contribution in [0, 0.1) is 17.2 Å². The highest BCUT2D eigenvalue weighted by atomic mass is 19.1. The molecule has 0 spiro atoms. The van der Waals surface area contributed by atoms with Crippen LogP contribution in [0.4, 0.5) is 10.2 Å². The van der Waals surface area contributed by atoms with Crippen molar-refractivity contribution in [3.63, 3.8) is 0 Å². The number of benzene rings is 1. The first-order valence-corrected chi connectivity index (χ1v) is 13.3. The standard InChI is InChI=1S/C29H42FN5O/c1-5-11-34(13-10-30)19-22(4)27(16-31)23-8-9-24-17-32-28(15-26(24)14-23)33-29(36)25-7-6-12-35(20-25)18-21(2)3/h8-9,14-17,21,25,31H,5-7,10-13,18-20H2,1-4H3,(H,32,33,36)/b27-22-,31-16?. The molecular formula is C29H42FN5O. The lowest BCUT2D eigenvalue weighted by molar-refractivity contribution is -0.121. The maximum absolute atomic E-state index is 13.0. The van der Waals surface area contributed by atoms with Gasteiger partial charge in [0.15, 0.2) is 0 Å². The minimum absolute atomic E-state index is 0.0215. The molecule has 6 nitrogen and oxygen atoms in total. The van der Waals surface area contributed by atoms with Crippen molar-refractivity contribution in [2.75, 3.05) is 51.3 Å². The first-order chi connectivity index (χ1) is 17.3. The van der Waals surface area contributed by atoms with Gasteiger partial charge in [0.1, 0.15) is 12.5 Å². The molecule has 1 aromatic heterocycles. The van der Waals surface area contributed by atoms with Gasteiger partial charge in [-0.05, 0) is 79.4 Å². The van der Waals surface area contributed by atoms with Crippen LogP contribution in [-0.4, -0.2) is 72.8 Å². The predicted octanol–water partition coefficient (Wildman–Crippen LogP) is 5.65. The average molecular weight is 496 g/mol. The monoisotopic (exact) mass is 495 g/mol. The Hall–Kier alpha value is -2.64. The summed E-state index contributed by atoms with van der Waals surface area (Å²) in [4.78, 5) is 22.0. The van der Waals surface area contributed by atoms with E-state index in [4.69, 9.17) is 5.41 Å². The summed E-state index contributed by atoms with van der Waals surface area (Å²) in [5, 5.41) is 13.0. The van der Waals surface area contributed by atoms with Crippen LogP contribution in [-0.2, 0) is 4.79 Å². The number of fused-ring (bicyclic) bond motifs is 1. The van der Waals surface area contributed by atoms with Gasteiger partial charge in [-0.2, -0.15) is 0 Å². The number of carbonyl (C=O) groups excluding carboxylic acids is 1. The zero-order valence-corrected chi connectivity index (χ0v) is 22.3. The summed E-state index contributed by atoms with van der Waals surface area (Å²) in [6.07, 6.45) is 6.07. The van der Waals surface area contributed by atoms with Gasteiger partial charge < -0.3 is 15.6 Å². The maximum atomic E-state index is 13.0. The number of carbonyl (C=O) groups is 1. The van der Waals surface area contributed by atoms with E-state index in [1.54, 1.807) is 6.20 Å². The van der Waals surface area contributed by atoms with Crippen LogP contribution in [0.25, 0.3) is 16.3 Å². The normalized spacial score (nSPS) is 17.5. The molecule has 7 heteroatoms. The molecule has 1 saturated heterocycles. The molecule has 1 amide bonds. The molecule has 1 aromatic carbocycles. The van der Waals surface area contributed by atoms with Crippen LogP contribution in [0.1, 0.15) is 52.5 Å². The highest BCUT2D eigenvalue weighted by Crippen LogP contribution is 2.25. The number of amides is 1. The lowest BCUT2D eigenvalue weighted by Gasteiger charge is -2.32. The molecule has 1 aliphatic rings. The Morgan fingerprint density at radius 1 is 1.31 bits per heavy atom. The number of likely N-dealkylation sites (tertiary alicyclic amines) is 1. The number of hydrogen-bond acceptors (Lipinski definition) is 5. The number of rotatable bonds is 12. The molecule has 1 atom stereocenters. The summed E-state index contributed by atoms with van der Waals surface area (Å²) < 4.78 is 13.0. The highest BCUT2D eigenvalue weighted by molar-refractivity contribution is 6.10. The van der Waals surface area contributed by atoms with Crippen LogP contribution in [0.5, 0.6) is 0 Å². The molecule has 0 bridgehead atoms. The Balaban J connectivity index is 1.77. The number of allylic oxidation sites excluding steroid dienone is 1. The molecule has 0 radical (unpaired) electrons. The molecule has 1 fully saturated rings. The number of aromatic nitrogens is 1. The number of pyridine rings is 1. The van der Waals surface area contributed by atoms with E-state index < -0.39 is 0 Å². The molecule has 0 aliphatic carbocycles. The molecule has 1 unspecified atom stereocenters. The number of nitrogens with one attached hydrogen (secondary N) is 2. The van der Waals surface area contributed by atoms with E-state index in [0.717, 1.165) is 72.9 Å². The van der Waals surface area contributed by atoms with Gasteiger partial charge in [0.25, 0.3) is 0 Å². The van der Waals surface area contributed by atoms with Gasteiger partial charge >= 0.3 is 0 Å².